The summed E-state index contributed by atoms with van der Waals surface area (Å²) in [6.45, 7) is 4.24. The molecule has 3 aromatic carbocycles. The molecule has 0 saturated carbocycles. The number of fused-ring (bicyclic) bond motifs is 1. The van der Waals surface area contributed by atoms with Crippen molar-refractivity contribution >= 4 is 39.3 Å². The molecule has 4 aromatic rings. The number of esters is 1. The lowest BCUT2D eigenvalue weighted by Crippen LogP contribution is -2.39. The van der Waals surface area contributed by atoms with E-state index in [0.29, 0.717) is 33.0 Å². The highest BCUT2D eigenvalue weighted by Crippen LogP contribution is 2.31. The topological polar surface area (TPSA) is 69.9 Å². The van der Waals surface area contributed by atoms with Crippen LogP contribution in [-0.4, -0.2) is 17.1 Å². The zero-order valence-electron chi connectivity index (χ0n) is 20.9. The molecule has 0 amide bonds. The number of rotatable bonds is 7. The number of hydrogen-bond donors (Lipinski definition) is 0. The van der Waals surface area contributed by atoms with Gasteiger partial charge in [-0.25, -0.2) is 9.79 Å². The van der Waals surface area contributed by atoms with Crippen molar-refractivity contribution in [2.75, 3.05) is 6.61 Å². The van der Waals surface area contributed by atoms with Crippen molar-refractivity contribution in [3.05, 3.63) is 131 Å². The third-order valence-electron chi connectivity index (χ3n) is 6.12. The van der Waals surface area contributed by atoms with Crippen LogP contribution in [0.4, 0.5) is 0 Å². The number of halogens is 1. The monoisotopic (exact) mass is 588 g/mol. The molecule has 1 aromatic heterocycles. The van der Waals surface area contributed by atoms with Crippen LogP contribution < -0.4 is 19.6 Å². The first-order valence-corrected chi connectivity index (χ1v) is 13.8. The molecule has 2 heterocycles. The molecule has 0 N–H and O–H groups in total. The number of hydrogen-bond acceptors (Lipinski definition) is 6. The third-order valence-corrected chi connectivity index (χ3v) is 7.73. The number of ether oxygens (including phenoxy) is 2. The first kappa shape index (κ1) is 25.9. The number of allylic oxidation sites excluding steroid dienone is 1. The molecular weight excluding hydrogens is 564 g/mol. The summed E-state index contributed by atoms with van der Waals surface area (Å²) in [5.74, 6) is 0.248. The van der Waals surface area contributed by atoms with Crippen molar-refractivity contribution in [2.45, 2.75) is 26.5 Å². The Labute approximate surface area is 232 Å². The Balaban J connectivity index is 1.53. The molecular formula is C30H25BrN2O4S. The Morgan fingerprint density at radius 1 is 1.08 bits per heavy atom. The predicted octanol–water partition coefficient (Wildman–Crippen LogP) is 5.14. The molecule has 1 aliphatic heterocycles. The van der Waals surface area contributed by atoms with E-state index in [4.69, 9.17) is 9.47 Å². The Bertz CT molecular complexity index is 1690. The number of thiazole rings is 1. The van der Waals surface area contributed by atoms with Gasteiger partial charge in [0.2, 0.25) is 0 Å². The van der Waals surface area contributed by atoms with Gasteiger partial charge in [0.05, 0.1) is 32.9 Å². The summed E-state index contributed by atoms with van der Waals surface area (Å²) in [6.07, 6.45) is 1.83. The van der Waals surface area contributed by atoms with E-state index in [0.717, 1.165) is 21.2 Å². The van der Waals surface area contributed by atoms with Gasteiger partial charge >= 0.3 is 5.97 Å². The number of benzene rings is 3. The number of nitrogens with zero attached hydrogens (tertiary/aromatic N) is 2. The van der Waals surface area contributed by atoms with E-state index in [-0.39, 0.29) is 12.2 Å². The van der Waals surface area contributed by atoms with Gasteiger partial charge in [-0.1, -0.05) is 78.1 Å². The third kappa shape index (κ3) is 5.28. The zero-order valence-corrected chi connectivity index (χ0v) is 23.3. The highest BCUT2D eigenvalue weighted by molar-refractivity contribution is 9.10. The fraction of sp³-hybridized carbons (Fsp3) is 0.167. The molecule has 0 fully saturated rings. The lowest BCUT2D eigenvalue weighted by Gasteiger charge is -2.24. The van der Waals surface area contributed by atoms with Gasteiger partial charge in [0.1, 0.15) is 12.4 Å². The van der Waals surface area contributed by atoms with E-state index in [2.05, 4.69) is 20.9 Å². The highest BCUT2D eigenvalue weighted by Gasteiger charge is 2.33. The van der Waals surface area contributed by atoms with E-state index in [1.807, 2.05) is 84.9 Å². The molecule has 38 heavy (non-hydrogen) atoms. The van der Waals surface area contributed by atoms with Crippen molar-refractivity contribution in [1.82, 2.24) is 4.57 Å². The maximum atomic E-state index is 13.7. The van der Waals surface area contributed by atoms with Gasteiger partial charge in [-0.2, -0.15) is 0 Å². The van der Waals surface area contributed by atoms with Gasteiger partial charge in [0.15, 0.2) is 4.80 Å². The van der Waals surface area contributed by atoms with Crippen LogP contribution in [0.3, 0.4) is 0 Å². The average molecular weight is 590 g/mol. The summed E-state index contributed by atoms with van der Waals surface area (Å²) >= 11 is 4.89. The molecule has 5 rings (SSSR count). The van der Waals surface area contributed by atoms with E-state index in [1.54, 1.807) is 18.4 Å². The summed E-state index contributed by atoms with van der Waals surface area (Å²) in [4.78, 5) is 31.8. The summed E-state index contributed by atoms with van der Waals surface area (Å²) in [6, 6.07) is 24.5. The fourth-order valence-corrected chi connectivity index (χ4v) is 5.91. The second kappa shape index (κ2) is 11.3. The Morgan fingerprint density at radius 3 is 2.47 bits per heavy atom. The van der Waals surface area contributed by atoms with Crippen molar-refractivity contribution in [1.29, 1.82) is 0 Å². The molecule has 0 unspecified atom stereocenters. The SMILES string of the molecule is CCOC(=O)C1=C(C)N=c2s/c(=C\c3ccc(OCc4ccccc4)c(Br)c3)c(=O)n2[C@@H]1c1ccccc1. The largest absolute Gasteiger partial charge is 0.488 e. The predicted molar refractivity (Wildman–Crippen MR) is 152 cm³/mol. The Hall–Kier alpha value is -3.75. The van der Waals surface area contributed by atoms with Crippen LogP contribution >= 0.6 is 27.3 Å². The van der Waals surface area contributed by atoms with Crippen molar-refractivity contribution < 1.29 is 14.3 Å². The molecule has 0 radical (unpaired) electrons. The highest BCUT2D eigenvalue weighted by atomic mass is 79.9. The molecule has 6 nitrogen and oxygen atoms in total. The molecule has 1 aliphatic rings. The summed E-state index contributed by atoms with van der Waals surface area (Å²) in [7, 11) is 0. The summed E-state index contributed by atoms with van der Waals surface area (Å²) < 4.78 is 14.2. The lowest BCUT2D eigenvalue weighted by molar-refractivity contribution is -0.139. The van der Waals surface area contributed by atoms with Gasteiger partial charge in [0.25, 0.3) is 5.56 Å². The Morgan fingerprint density at radius 2 is 1.79 bits per heavy atom. The quantitative estimate of drug-likeness (QED) is 0.280. The molecule has 0 bridgehead atoms. The van der Waals surface area contributed by atoms with Gasteiger partial charge in [-0.3, -0.25) is 9.36 Å². The van der Waals surface area contributed by atoms with E-state index >= 15 is 0 Å². The minimum absolute atomic E-state index is 0.211. The van der Waals surface area contributed by atoms with Crippen molar-refractivity contribution in [3.8, 4) is 5.75 Å². The number of carbonyl (C=O) groups excluding carboxylic acids is 1. The molecule has 0 aliphatic carbocycles. The molecule has 192 valence electrons. The van der Waals surface area contributed by atoms with E-state index in [9.17, 15) is 9.59 Å². The van der Waals surface area contributed by atoms with E-state index < -0.39 is 12.0 Å². The van der Waals surface area contributed by atoms with Gasteiger partial charge in [-0.05, 0) is 64.7 Å². The second-order valence-corrected chi connectivity index (χ2v) is 10.5. The minimum atomic E-state index is -0.617. The van der Waals surface area contributed by atoms with Crippen LogP contribution in [0.1, 0.15) is 36.6 Å². The van der Waals surface area contributed by atoms with Crippen LogP contribution in [0.25, 0.3) is 6.08 Å². The standard InChI is InChI=1S/C30H25BrN2O4S/c1-3-36-29(35)26-19(2)32-30-33(27(26)22-12-8-5-9-13-22)28(34)25(38-30)17-21-14-15-24(23(31)16-21)37-18-20-10-6-4-7-11-20/h4-17,27H,3,18H2,1-2H3/b25-17-/t27-/m1/s1. The van der Waals surface area contributed by atoms with E-state index in [1.165, 1.54) is 11.3 Å². The van der Waals surface area contributed by atoms with Crippen LogP contribution in [-0.2, 0) is 16.1 Å². The maximum absolute atomic E-state index is 13.7. The number of carbonyl (C=O) groups is 1. The molecule has 1 atom stereocenters. The molecule has 0 spiro atoms. The number of aromatic nitrogens is 1. The molecule has 0 saturated heterocycles. The second-order valence-electron chi connectivity index (χ2n) is 8.68. The van der Waals surface area contributed by atoms with Gasteiger partial charge < -0.3 is 9.47 Å². The normalized spacial score (nSPS) is 15.1. The van der Waals surface area contributed by atoms with Crippen LogP contribution in [0.5, 0.6) is 5.75 Å². The van der Waals surface area contributed by atoms with Crippen molar-refractivity contribution in [2.24, 2.45) is 4.99 Å². The van der Waals surface area contributed by atoms with Gasteiger partial charge in [0, 0.05) is 0 Å². The van der Waals surface area contributed by atoms with Gasteiger partial charge in [-0.15, -0.1) is 0 Å². The van der Waals surface area contributed by atoms with Crippen LogP contribution in [0.15, 0.2) is 104 Å². The van der Waals surface area contributed by atoms with Crippen molar-refractivity contribution in [3.63, 3.8) is 0 Å². The lowest BCUT2D eigenvalue weighted by atomic mass is 9.96. The Kier molecular flexibility index (Phi) is 7.72. The summed E-state index contributed by atoms with van der Waals surface area (Å²) in [5.41, 5.74) is 3.45. The minimum Gasteiger partial charge on any atom is -0.488 e. The zero-order chi connectivity index (χ0) is 26.6. The average Bonchev–Trinajstić information content (AvgIpc) is 3.22. The maximum Gasteiger partial charge on any atom is 0.338 e. The van der Waals surface area contributed by atoms with Crippen LogP contribution in [0, 0.1) is 0 Å². The first-order valence-electron chi connectivity index (χ1n) is 12.2. The summed E-state index contributed by atoms with van der Waals surface area (Å²) in [5, 5.41) is 0. The first-order chi connectivity index (χ1) is 18.5. The molecule has 8 heteroatoms. The fourth-order valence-electron chi connectivity index (χ4n) is 4.35. The smallest absolute Gasteiger partial charge is 0.338 e. The van der Waals surface area contributed by atoms with Crippen LogP contribution in [0.2, 0.25) is 0 Å².